The lowest BCUT2D eigenvalue weighted by atomic mass is 10.1. The largest absolute Gasteiger partial charge is 0.334 e. The van der Waals surface area contributed by atoms with Crippen molar-refractivity contribution in [2.24, 2.45) is 0 Å². The summed E-state index contributed by atoms with van der Waals surface area (Å²) in [6, 6.07) is 1.66. The van der Waals surface area contributed by atoms with Crippen molar-refractivity contribution in [1.29, 1.82) is 0 Å². The number of hydrogen-bond donors (Lipinski definition) is 0. The van der Waals surface area contributed by atoms with E-state index in [0.29, 0.717) is 12.5 Å². The Morgan fingerprint density at radius 1 is 1.09 bits per heavy atom. The highest BCUT2D eigenvalue weighted by Gasteiger charge is 2.47. The summed E-state index contributed by atoms with van der Waals surface area (Å²) < 4.78 is 24.4. The van der Waals surface area contributed by atoms with Crippen LogP contribution in [0.1, 0.15) is 5.01 Å². The zero-order valence-electron chi connectivity index (χ0n) is 12.4. The number of rotatable bonds is 3. The van der Waals surface area contributed by atoms with Gasteiger partial charge in [-0.1, -0.05) is 0 Å². The molecule has 4 heterocycles. The van der Waals surface area contributed by atoms with E-state index in [4.69, 9.17) is 0 Å². The third-order valence-electron chi connectivity index (χ3n) is 4.42. The van der Waals surface area contributed by atoms with Gasteiger partial charge in [-0.05, 0) is 6.07 Å². The second-order valence-corrected chi connectivity index (χ2v) is 8.98. The molecule has 2 aliphatic rings. The predicted octanol–water partition coefficient (Wildman–Crippen LogP) is 0.421. The van der Waals surface area contributed by atoms with Crippen LogP contribution in [-0.2, 0) is 16.4 Å². The van der Waals surface area contributed by atoms with Gasteiger partial charge in [-0.25, -0.2) is 23.4 Å². The fourth-order valence-electron chi connectivity index (χ4n) is 3.41. The Morgan fingerprint density at radius 3 is 2.61 bits per heavy atom. The van der Waals surface area contributed by atoms with Crippen LogP contribution in [0.15, 0.2) is 30.0 Å². The first-order valence-corrected chi connectivity index (χ1v) is 10.2. The first-order valence-electron chi connectivity index (χ1n) is 7.49. The number of fused-ring (bicyclic) bond motifs is 1. The summed E-state index contributed by atoms with van der Waals surface area (Å²) in [6.07, 6.45) is 5.18. The molecule has 23 heavy (non-hydrogen) atoms. The van der Waals surface area contributed by atoms with E-state index in [1.807, 2.05) is 10.3 Å². The van der Waals surface area contributed by atoms with Gasteiger partial charge in [-0.15, -0.1) is 11.3 Å². The van der Waals surface area contributed by atoms with Crippen LogP contribution in [0, 0.1) is 0 Å². The third kappa shape index (κ3) is 2.96. The second kappa shape index (κ2) is 5.81. The number of hydrogen-bond acceptors (Lipinski definition) is 8. The smallest absolute Gasteiger partial charge is 0.225 e. The van der Waals surface area contributed by atoms with Crippen LogP contribution in [0.5, 0.6) is 0 Å². The summed E-state index contributed by atoms with van der Waals surface area (Å²) in [5, 5.41) is 2.98. The number of anilines is 1. The Bertz CT molecular complexity index is 766. The maximum atomic E-state index is 12.2. The molecule has 0 N–H and O–H groups in total. The van der Waals surface area contributed by atoms with Crippen molar-refractivity contribution in [1.82, 2.24) is 19.9 Å². The molecule has 0 aliphatic carbocycles. The lowest BCUT2D eigenvalue weighted by Gasteiger charge is -2.43. The average molecular weight is 351 g/mol. The Hall–Kier alpha value is -1.58. The normalized spacial score (nSPS) is 27.0. The fraction of sp³-hybridized carbons (Fsp3) is 0.500. The van der Waals surface area contributed by atoms with E-state index >= 15 is 0 Å². The molecule has 0 bridgehead atoms. The highest BCUT2D eigenvalue weighted by molar-refractivity contribution is 7.91. The molecular formula is C14H17N5O2S2. The second-order valence-electron chi connectivity index (χ2n) is 5.85. The van der Waals surface area contributed by atoms with Gasteiger partial charge >= 0.3 is 0 Å². The number of thiazole rings is 1. The highest BCUT2D eigenvalue weighted by Crippen LogP contribution is 2.30. The molecule has 122 valence electrons. The molecule has 2 atom stereocenters. The van der Waals surface area contributed by atoms with E-state index in [-0.39, 0.29) is 23.6 Å². The minimum Gasteiger partial charge on any atom is -0.334 e. The highest BCUT2D eigenvalue weighted by atomic mass is 32.2. The molecule has 7 nitrogen and oxygen atoms in total. The zero-order chi connectivity index (χ0) is 15.9. The summed E-state index contributed by atoms with van der Waals surface area (Å²) in [5.41, 5.74) is 0. The maximum absolute atomic E-state index is 12.2. The van der Waals surface area contributed by atoms with E-state index in [2.05, 4.69) is 19.9 Å². The minimum atomic E-state index is -3.04. The van der Waals surface area contributed by atoms with Crippen molar-refractivity contribution in [3.8, 4) is 0 Å². The quantitative estimate of drug-likeness (QED) is 0.793. The van der Waals surface area contributed by atoms with Crippen LogP contribution >= 0.6 is 11.3 Å². The first kappa shape index (κ1) is 15.0. The molecule has 2 saturated heterocycles. The molecule has 0 radical (unpaired) electrons. The zero-order valence-corrected chi connectivity index (χ0v) is 14.1. The van der Waals surface area contributed by atoms with Gasteiger partial charge in [-0.2, -0.15) is 0 Å². The number of aromatic nitrogens is 3. The molecule has 4 rings (SSSR count). The topological polar surface area (TPSA) is 79.3 Å². The Morgan fingerprint density at radius 2 is 1.87 bits per heavy atom. The summed E-state index contributed by atoms with van der Waals surface area (Å²) >= 11 is 1.61. The number of piperazine rings is 1. The van der Waals surface area contributed by atoms with Gasteiger partial charge in [0, 0.05) is 43.1 Å². The number of sulfone groups is 1. The Balaban J connectivity index is 1.61. The lowest BCUT2D eigenvalue weighted by molar-refractivity contribution is 0.159. The van der Waals surface area contributed by atoms with Crippen LogP contribution in [0.2, 0.25) is 0 Å². The summed E-state index contributed by atoms with van der Waals surface area (Å²) in [7, 11) is -3.04. The van der Waals surface area contributed by atoms with Gasteiger partial charge in [0.05, 0.1) is 24.1 Å². The molecule has 0 spiro atoms. The molecule has 9 heteroatoms. The van der Waals surface area contributed by atoms with Crippen LogP contribution in [0.4, 0.5) is 5.95 Å². The Labute approximate surface area is 138 Å². The fourth-order valence-corrected chi connectivity index (χ4v) is 6.07. The predicted molar refractivity (Wildman–Crippen MR) is 88.1 cm³/mol. The van der Waals surface area contributed by atoms with E-state index in [0.717, 1.165) is 18.1 Å². The van der Waals surface area contributed by atoms with Gasteiger partial charge in [0.1, 0.15) is 5.01 Å². The van der Waals surface area contributed by atoms with Crippen LogP contribution in [-0.4, -0.2) is 64.9 Å². The summed E-state index contributed by atoms with van der Waals surface area (Å²) in [6.45, 7) is 2.22. The first-order chi connectivity index (χ1) is 11.1. The molecule has 0 saturated carbocycles. The van der Waals surface area contributed by atoms with E-state index in [1.165, 1.54) is 0 Å². The van der Waals surface area contributed by atoms with Crippen molar-refractivity contribution in [3.05, 3.63) is 35.0 Å². The summed E-state index contributed by atoms with van der Waals surface area (Å²) in [4.78, 5) is 17.2. The van der Waals surface area contributed by atoms with Crippen molar-refractivity contribution >= 4 is 27.1 Å². The Kier molecular flexibility index (Phi) is 3.78. The van der Waals surface area contributed by atoms with Gasteiger partial charge < -0.3 is 4.90 Å². The van der Waals surface area contributed by atoms with Gasteiger partial charge in [0.2, 0.25) is 5.95 Å². The molecule has 0 amide bonds. The van der Waals surface area contributed by atoms with E-state index in [9.17, 15) is 8.42 Å². The monoisotopic (exact) mass is 351 g/mol. The molecule has 2 fully saturated rings. The SMILES string of the molecule is O=S1(=O)C[C@@H]2[C@H](C1)N(Cc1nccs1)CCN2c1ncccn1. The minimum absolute atomic E-state index is 0.0264. The molecule has 2 aliphatic heterocycles. The van der Waals surface area contributed by atoms with Crippen LogP contribution < -0.4 is 4.90 Å². The standard InChI is InChI=1S/C14H17N5O2S2/c20-23(21)9-11-12(10-23)19(14-16-2-1-3-17-14)6-5-18(11)8-13-15-4-7-22-13/h1-4,7,11-12H,5-6,8-10H2/t11-,12+/m0/s1. The van der Waals surface area contributed by atoms with Crippen molar-refractivity contribution in [2.45, 2.75) is 18.6 Å². The van der Waals surface area contributed by atoms with Gasteiger partial charge in [-0.3, -0.25) is 4.90 Å². The van der Waals surface area contributed by atoms with E-state index in [1.54, 1.807) is 36.0 Å². The molecule has 2 aromatic heterocycles. The van der Waals surface area contributed by atoms with Crippen molar-refractivity contribution in [2.75, 3.05) is 29.5 Å². The van der Waals surface area contributed by atoms with E-state index < -0.39 is 9.84 Å². The van der Waals surface area contributed by atoms with Crippen LogP contribution in [0.3, 0.4) is 0 Å². The van der Waals surface area contributed by atoms with Crippen molar-refractivity contribution < 1.29 is 8.42 Å². The van der Waals surface area contributed by atoms with Crippen molar-refractivity contribution in [3.63, 3.8) is 0 Å². The molecule has 2 aromatic rings. The van der Waals surface area contributed by atoms with Gasteiger partial charge in [0.15, 0.2) is 9.84 Å². The molecule has 0 unspecified atom stereocenters. The number of nitrogens with zero attached hydrogens (tertiary/aromatic N) is 5. The summed E-state index contributed by atoms with van der Waals surface area (Å²) in [5.74, 6) is 0.991. The van der Waals surface area contributed by atoms with Gasteiger partial charge in [0.25, 0.3) is 0 Å². The molecule has 0 aromatic carbocycles. The maximum Gasteiger partial charge on any atom is 0.225 e. The lowest BCUT2D eigenvalue weighted by Crippen LogP contribution is -2.59. The molecular weight excluding hydrogens is 334 g/mol. The van der Waals surface area contributed by atoms with Crippen LogP contribution in [0.25, 0.3) is 0 Å². The third-order valence-corrected chi connectivity index (χ3v) is 6.89. The average Bonchev–Trinajstić information content (AvgIpc) is 3.15.